The number of primary amides is 1. The van der Waals surface area contributed by atoms with Gasteiger partial charge in [0.25, 0.3) is 0 Å². The highest BCUT2D eigenvalue weighted by molar-refractivity contribution is 7.97. The third kappa shape index (κ3) is 8.99. The summed E-state index contributed by atoms with van der Waals surface area (Å²) >= 11 is 1.63. The van der Waals surface area contributed by atoms with E-state index >= 15 is 0 Å². The molecule has 0 spiro atoms. The first kappa shape index (κ1) is 27.8. The van der Waals surface area contributed by atoms with Gasteiger partial charge in [-0.05, 0) is 75.1 Å². The molecular formula is C30H39N3O2S. The van der Waals surface area contributed by atoms with Crippen LogP contribution in [-0.2, 0) is 16.0 Å². The van der Waals surface area contributed by atoms with E-state index in [-0.39, 0.29) is 23.3 Å². The fourth-order valence-corrected chi connectivity index (χ4v) is 5.04. The SMILES string of the molecule is CC(C)(C)NSc1cccc2c(NC(=O)CCc3ccccc3)cccc12.NC(=O)C1CCCCC1. The molecule has 5 nitrogen and oxygen atoms in total. The zero-order chi connectivity index (χ0) is 26.0. The van der Waals surface area contributed by atoms with Gasteiger partial charge in [-0.25, -0.2) is 0 Å². The maximum Gasteiger partial charge on any atom is 0.224 e. The average Bonchev–Trinajstić information content (AvgIpc) is 2.87. The molecular weight excluding hydrogens is 466 g/mol. The minimum atomic E-state index is -0.102. The Balaban J connectivity index is 0.000000338. The molecule has 192 valence electrons. The van der Waals surface area contributed by atoms with Gasteiger partial charge >= 0.3 is 0 Å². The lowest BCUT2D eigenvalue weighted by atomic mass is 9.89. The predicted octanol–water partition coefficient (Wildman–Crippen LogP) is 6.86. The molecule has 2 amide bonds. The summed E-state index contributed by atoms with van der Waals surface area (Å²) in [4.78, 5) is 24.2. The molecule has 4 N–H and O–H groups in total. The Morgan fingerprint density at radius 3 is 2.19 bits per heavy atom. The normalized spacial score (nSPS) is 14.1. The number of anilines is 1. The van der Waals surface area contributed by atoms with Crippen LogP contribution < -0.4 is 15.8 Å². The summed E-state index contributed by atoms with van der Waals surface area (Å²) in [6.45, 7) is 6.43. The molecule has 4 rings (SSSR count). The topological polar surface area (TPSA) is 84.2 Å². The van der Waals surface area contributed by atoms with Crippen LogP contribution in [0.1, 0.15) is 64.9 Å². The standard InChI is InChI=1S/C23H26N2OS.C7H13NO/c1-23(2,3)25-27-21-14-8-11-18-19(21)12-7-13-20(18)24-22(26)16-15-17-9-5-4-6-10-17;8-7(9)6-4-2-1-3-5-6/h4-14,25H,15-16H2,1-3H3,(H,24,26);6H,1-5H2,(H2,8,9). The van der Waals surface area contributed by atoms with Gasteiger partial charge in [-0.2, -0.15) is 0 Å². The van der Waals surface area contributed by atoms with E-state index in [4.69, 9.17) is 5.73 Å². The zero-order valence-corrected chi connectivity index (χ0v) is 22.5. The molecule has 0 saturated heterocycles. The minimum Gasteiger partial charge on any atom is -0.369 e. The molecule has 0 bridgehead atoms. The second kappa shape index (κ2) is 13.5. The van der Waals surface area contributed by atoms with Crippen LogP contribution in [0.2, 0.25) is 0 Å². The number of nitrogens with one attached hydrogen (secondary N) is 2. The van der Waals surface area contributed by atoms with E-state index in [2.05, 4.69) is 61.1 Å². The molecule has 0 aliphatic heterocycles. The van der Waals surface area contributed by atoms with Crippen LogP contribution in [0.4, 0.5) is 5.69 Å². The van der Waals surface area contributed by atoms with Crippen molar-refractivity contribution in [3.63, 3.8) is 0 Å². The van der Waals surface area contributed by atoms with Gasteiger partial charge in [0.2, 0.25) is 11.8 Å². The summed E-state index contributed by atoms with van der Waals surface area (Å²) in [5.74, 6) is 0.130. The van der Waals surface area contributed by atoms with Gasteiger partial charge in [-0.3, -0.25) is 14.3 Å². The Labute approximate surface area is 219 Å². The molecule has 1 saturated carbocycles. The lowest BCUT2D eigenvalue weighted by Crippen LogP contribution is -2.29. The summed E-state index contributed by atoms with van der Waals surface area (Å²) in [7, 11) is 0. The Hall–Kier alpha value is -2.83. The van der Waals surface area contributed by atoms with Gasteiger partial charge in [-0.1, -0.05) is 73.9 Å². The molecule has 1 aliphatic rings. The predicted molar refractivity (Wildman–Crippen MR) is 152 cm³/mol. The first-order valence-corrected chi connectivity index (χ1v) is 13.6. The lowest BCUT2D eigenvalue weighted by molar-refractivity contribution is -0.122. The lowest BCUT2D eigenvalue weighted by Gasteiger charge is -2.20. The zero-order valence-electron chi connectivity index (χ0n) is 21.7. The fourth-order valence-electron chi connectivity index (χ4n) is 4.19. The number of carbonyl (C=O) groups is 2. The number of hydrogen-bond donors (Lipinski definition) is 3. The second-order valence-electron chi connectivity index (χ2n) is 10.4. The first-order chi connectivity index (χ1) is 17.2. The van der Waals surface area contributed by atoms with Crippen molar-refractivity contribution in [1.29, 1.82) is 0 Å². The fraction of sp³-hybridized carbons (Fsp3) is 0.400. The quantitative estimate of drug-likeness (QED) is 0.306. The van der Waals surface area contributed by atoms with Gasteiger partial charge in [0.05, 0.1) is 0 Å². The second-order valence-corrected chi connectivity index (χ2v) is 11.2. The molecule has 3 aromatic rings. The summed E-state index contributed by atoms with van der Waals surface area (Å²) in [5.41, 5.74) is 7.19. The van der Waals surface area contributed by atoms with Crippen molar-refractivity contribution in [3.05, 3.63) is 72.3 Å². The number of carbonyl (C=O) groups excluding carboxylic acids is 2. The van der Waals surface area contributed by atoms with Crippen molar-refractivity contribution in [2.24, 2.45) is 11.7 Å². The Morgan fingerprint density at radius 2 is 1.56 bits per heavy atom. The van der Waals surface area contributed by atoms with Crippen LogP contribution in [0.15, 0.2) is 71.6 Å². The van der Waals surface area contributed by atoms with Crippen LogP contribution in [-0.4, -0.2) is 17.4 Å². The molecule has 3 aromatic carbocycles. The van der Waals surface area contributed by atoms with Crippen molar-refractivity contribution in [2.45, 2.75) is 76.2 Å². The number of rotatable bonds is 7. The van der Waals surface area contributed by atoms with Crippen molar-refractivity contribution in [3.8, 4) is 0 Å². The van der Waals surface area contributed by atoms with Crippen LogP contribution in [0.5, 0.6) is 0 Å². The molecule has 0 unspecified atom stereocenters. The van der Waals surface area contributed by atoms with Crippen LogP contribution in [0.25, 0.3) is 10.8 Å². The molecule has 1 aliphatic carbocycles. The van der Waals surface area contributed by atoms with Gasteiger partial charge < -0.3 is 11.1 Å². The summed E-state index contributed by atoms with van der Waals surface area (Å²) in [6.07, 6.45) is 6.92. The van der Waals surface area contributed by atoms with E-state index in [1.165, 1.54) is 24.8 Å². The van der Waals surface area contributed by atoms with Crippen LogP contribution in [0, 0.1) is 5.92 Å². The van der Waals surface area contributed by atoms with Crippen molar-refractivity contribution in [1.82, 2.24) is 4.72 Å². The Bertz CT molecular complexity index is 1140. The van der Waals surface area contributed by atoms with E-state index < -0.39 is 0 Å². The number of nitrogens with two attached hydrogens (primary N) is 1. The van der Waals surface area contributed by atoms with E-state index in [9.17, 15) is 9.59 Å². The molecule has 6 heteroatoms. The van der Waals surface area contributed by atoms with Gasteiger partial charge in [0.1, 0.15) is 0 Å². The number of amides is 2. The van der Waals surface area contributed by atoms with Gasteiger partial charge in [0.15, 0.2) is 0 Å². The number of benzene rings is 3. The van der Waals surface area contributed by atoms with Crippen LogP contribution >= 0.6 is 11.9 Å². The van der Waals surface area contributed by atoms with Gasteiger partial charge in [-0.15, -0.1) is 0 Å². The van der Waals surface area contributed by atoms with E-state index in [0.717, 1.165) is 40.6 Å². The Kier molecular flexibility index (Phi) is 10.4. The smallest absolute Gasteiger partial charge is 0.224 e. The molecule has 0 radical (unpaired) electrons. The summed E-state index contributed by atoms with van der Waals surface area (Å²) in [5, 5.41) is 5.29. The molecule has 1 fully saturated rings. The first-order valence-electron chi connectivity index (χ1n) is 12.8. The molecule has 0 heterocycles. The largest absolute Gasteiger partial charge is 0.369 e. The summed E-state index contributed by atoms with van der Waals surface area (Å²) in [6, 6.07) is 22.4. The maximum absolute atomic E-state index is 12.4. The van der Waals surface area contributed by atoms with E-state index in [1.807, 2.05) is 36.4 Å². The molecule has 0 atom stereocenters. The monoisotopic (exact) mass is 505 g/mol. The molecule has 36 heavy (non-hydrogen) atoms. The maximum atomic E-state index is 12.4. The van der Waals surface area contributed by atoms with Crippen molar-refractivity contribution >= 4 is 40.2 Å². The Morgan fingerprint density at radius 1 is 0.889 bits per heavy atom. The van der Waals surface area contributed by atoms with Crippen molar-refractivity contribution in [2.75, 3.05) is 5.32 Å². The number of fused-ring (bicyclic) bond motifs is 1. The molecule has 0 aromatic heterocycles. The third-order valence-corrected chi connectivity index (χ3v) is 7.40. The summed E-state index contributed by atoms with van der Waals surface area (Å²) < 4.78 is 3.46. The highest BCUT2D eigenvalue weighted by Crippen LogP contribution is 2.32. The number of hydrogen-bond acceptors (Lipinski definition) is 4. The van der Waals surface area contributed by atoms with Crippen molar-refractivity contribution < 1.29 is 9.59 Å². The number of aryl methyl sites for hydroxylation is 1. The third-order valence-electron chi connectivity index (χ3n) is 6.11. The highest BCUT2D eigenvalue weighted by Gasteiger charge is 2.17. The van der Waals surface area contributed by atoms with Gasteiger partial charge in [0, 0.05) is 33.8 Å². The average molecular weight is 506 g/mol. The van der Waals surface area contributed by atoms with Crippen LogP contribution in [0.3, 0.4) is 0 Å². The highest BCUT2D eigenvalue weighted by atomic mass is 32.2. The van der Waals surface area contributed by atoms with E-state index in [1.54, 1.807) is 11.9 Å². The minimum absolute atomic E-state index is 0.0239. The van der Waals surface area contributed by atoms with E-state index in [0.29, 0.717) is 6.42 Å².